The molecule has 0 heterocycles. The van der Waals surface area contributed by atoms with Crippen molar-refractivity contribution in [3.63, 3.8) is 0 Å². The second kappa shape index (κ2) is 5.24. The first kappa shape index (κ1) is 15.1. The first-order valence-corrected chi connectivity index (χ1v) is 7.26. The summed E-state index contributed by atoms with van der Waals surface area (Å²) in [4.78, 5) is 2.12. The standard InChI is InChI=1S/C14H25F3N2/c1-10-6-11(10)8-19(2)13(9-18)5-3-4-12(7-13)14(15,16)17/h10-12H,3-9,18H2,1-2H3. The Labute approximate surface area is 113 Å². The van der Waals surface area contributed by atoms with Crippen LogP contribution in [-0.2, 0) is 0 Å². The van der Waals surface area contributed by atoms with Crippen molar-refractivity contribution in [3.8, 4) is 0 Å². The lowest BCUT2D eigenvalue weighted by Crippen LogP contribution is -2.56. The molecule has 112 valence electrons. The molecule has 5 heteroatoms. The summed E-state index contributed by atoms with van der Waals surface area (Å²) in [7, 11) is 1.96. The van der Waals surface area contributed by atoms with Gasteiger partial charge in [-0.25, -0.2) is 0 Å². The van der Waals surface area contributed by atoms with Gasteiger partial charge in [0.2, 0.25) is 0 Å². The summed E-state index contributed by atoms with van der Waals surface area (Å²) in [5.74, 6) is 0.197. The van der Waals surface area contributed by atoms with Crippen LogP contribution in [0.4, 0.5) is 13.2 Å². The molecule has 0 aromatic carbocycles. The first-order valence-electron chi connectivity index (χ1n) is 7.26. The summed E-state index contributed by atoms with van der Waals surface area (Å²) in [5, 5.41) is 0. The third-order valence-electron chi connectivity index (χ3n) is 5.26. The average Bonchev–Trinajstić information content (AvgIpc) is 3.03. The van der Waals surface area contributed by atoms with Gasteiger partial charge >= 0.3 is 6.18 Å². The van der Waals surface area contributed by atoms with E-state index in [0.717, 1.165) is 18.9 Å². The molecular formula is C14H25F3N2. The molecule has 0 amide bonds. The lowest BCUT2D eigenvalue weighted by molar-refractivity contribution is -0.193. The van der Waals surface area contributed by atoms with Crippen LogP contribution in [0, 0.1) is 17.8 Å². The molecule has 2 N–H and O–H groups in total. The molecule has 0 saturated heterocycles. The Morgan fingerprint density at radius 1 is 1.37 bits per heavy atom. The summed E-state index contributed by atoms with van der Waals surface area (Å²) in [6.45, 7) is 3.42. The van der Waals surface area contributed by atoms with E-state index in [4.69, 9.17) is 5.73 Å². The topological polar surface area (TPSA) is 29.3 Å². The molecule has 2 aliphatic carbocycles. The van der Waals surface area contributed by atoms with Gasteiger partial charge in [-0.3, -0.25) is 4.90 Å². The Morgan fingerprint density at radius 2 is 2.00 bits per heavy atom. The summed E-state index contributed by atoms with van der Waals surface area (Å²) in [6, 6.07) is 0. The minimum Gasteiger partial charge on any atom is -0.329 e. The van der Waals surface area contributed by atoms with E-state index in [0.29, 0.717) is 18.9 Å². The quantitative estimate of drug-likeness (QED) is 0.856. The van der Waals surface area contributed by atoms with Gasteiger partial charge in [0.05, 0.1) is 5.92 Å². The maximum atomic E-state index is 13.0. The molecule has 2 saturated carbocycles. The zero-order valence-corrected chi connectivity index (χ0v) is 11.8. The SMILES string of the molecule is CC1CC1CN(C)C1(CN)CCCC(C(F)(F)F)C1. The largest absolute Gasteiger partial charge is 0.391 e. The van der Waals surface area contributed by atoms with Crippen molar-refractivity contribution >= 4 is 0 Å². The number of hydrogen-bond acceptors (Lipinski definition) is 2. The Hall–Kier alpha value is -0.290. The van der Waals surface area contributed by atoms with Crippen LogP contribution in [0.3, 0.4) is 0 Å². The summed E-state index contributed by atoms with van der Waals surface area (Å²) in [6.07, 6.45) is -1.01. The number of halogens is 3. The second-order valence-corrected chi connectivity index (χ2v) is 6.62. The van der Waals surface area contributed by atoms with Gasteiger partial charge in [0.15, 0.2) is 0 Å². The van der Waals surface area contributed by atoms with Gasteiger partial charge in [-0.1, -0.05) is 13.3 Å². The maximum Gasteiger partial charge on any atom is 0.391 e. The van der Waals surface area contributed by atoms with Crippen LogP contribution in [0.2, 0.25) is 0 Å². The fourth-order valence-corrected chi connectivity index (χ4v) is 3.51. The lowest BCUT2D eigenvalue weighted by atomic mass is 9.74. The summed E-state index contributed by atoms with van der Waals surface area (Å²) < 4.78 is 38.9. The van der Waals surface area contributed by atoms with E-state index < -0.39 is 17.6 Å². The van der Waals surface area contributed by atoms with E-state index in [1.807, 2.05) is 7.05 Å². The molecule has 4 atom stereocenters. The van der Waals surface area contributed by atoms with E-state index >= 15 is 0 Å². The molecule has 19 heavy (non-hydrogen) atoms. The molecular weight excluding hydrogens is 253 g/mol. The van der Waals surface area contributed by atoms with Crippen LogP contribution in [-0.4, -0.2) is 36.8 Å². The van der Waals surface area contributed by atoms with Crippen LogP contribution in [0.1, 0.15) is 39.0 Å². The molecule has 0 spiro atoms. The van der Waals surface area contributed by atoms with Gasteiger partial charge in [-0.05, 0) is 44.6 Å². The molecule has 0 aromatic rings. The second-order valence-electron chi connectivity index (χ2n) is 6.62. The van der Waals surface area contributed by atoms with Crippen molar-refractivity contribution in [2.75, 3.05) is 20.1 Å². The number of likely N-dealkylation sites (N-methyl/N-ethyl adjacent to an activating group) is 1. The molecule has 0 aliphatic heterocycles. The molecule has 2 rings (SSSR count). The van der Waals surface area contributed by atoms with Crippen molar-refractivity contribution in [3.05, 3.63) is 0 Å². The van der Waals surface area contributed by atoms with Crippen LogP contribution in [0.5, 0.6) is 0 Å². The molecule has 0 aromatic heterocycles. The van der Waals surface area contributed by atoms with Gasteiger partial charge in [-0.15, -0.1) is 0 Å². The third kappa shape index (κ3) is 3.24. The minimum atomic E-state index is -4.07. The number of nitrogens with two attached hydrogens (primary N) is 1. The molecule has 2 nitrogen and oxygen atoms in total. The number of alkyl halides is 3. The van der Waals surface area contributed by atoms with E-state index in [2.05, 4.69) is 11.8 Å². The summed E-state index contributed by atoms with van der Waals surface area (Å²) >= 11 is 0. The fourth-order valence-electron chi connectivity index (χ4n) is 3.51. The highest BCUT2D eigenvalue weighted by molar-refractivity contribution is 4.99. The Kier molecular flexibility index (Phi) is 4.17. The Balaban J connectivity index is 2.03. The Morgan fingerprint density at radius 3 is 2.47 bits per heavy atom. The van der Waals surface area contributed by atoms with Gasteiger partial charge < -0.3 is 5.73 Å². The molecule has 0 radical (unpaired) electrons. The van der Waals surface area contributed by atoms with E-state index in [1.54, 1.807) is 0 Å². The van der Waals surface area contributed by atoms with Gasteiger partial charge in [0, 0.05) is 18.6 Å². The van der Waals surface area contributed by atoms with Crippen molar-refractivity contribution < 1.29 is 13.2 Å². The van der Waals surface area contributed by atoms with E-state index in [1.165, 1.54) is 6.42 Å². The zero-order valence-electron chi connectivity index (χ0n) is 11.8. The van der Waals surface area contributed by atoms with Crippen molar-refractivity contribution in [2.24, 2.45) is 23.5 Å². The van der Waals surface area contributed by atoms with E-state index in [-0.39, 0.29) is 12.8 Å². The fraction of sp³-hybridized carbons (Fsp3) is 1.00. The van der Waals surface area contributed by atoms with Gasteiger partial charge in [0.25, 0.3) is 0 Å². The predicted octanol–water partition coefficient (Wildman–Crippen LogP) is 3.02. The zero-order chi connectivity index (χ0) is 14.3. The third-order valence-corrected chi connectivity index (χ3v) is 5.26. The van der Waals surface area contributed by atoms with Gasteiger partial charge in [-0.2, -0.15) is 13.2 Å². The highest BCUT2D eigenvalue weighted by Crippen LogP contribution is 2.45. The van der Waals surface area contributed by atoms with Crippen LogP contribution in [0.15, 0.2) is 0 Å². The monoisotopic (exact) mass is 278 g/mol. The average molecular weight is 278 g/mol. The molecule has 2 aliphatic rings. The molecule has 0 bridgehead atoms. The van der Waals surface area contributed by atoms with Crippen molar-refractivity contribution in [1.29, 1.82) is 0 Å². The lowest BCUT2D eigenvalue weighted by Gasteiger charge is -2.47. The van der Waals surface area contributed by atoms with Crippen molar-refractivity contribution in [1.82, 2.24) is 4.90 Å². The molecule has 4 unspecified atom stereocenters. The number of hydrogen-bond donors (Lipinski definition) is 1. The summed E-state index contributed by atoms with van der Waals surface area (Å²) in [5.41, 5.74) is 5.42. The number of rotatable bonds is 4. The minimum absolute atomic E-state index is 0.171. The normalized spacial score (nSPS) is 39.6. The molecule has 2 fully saturated rings. The van der Waals surface area contributed by atoms with Crippen LogP contribution < -0.4 is 5.73 Å². The van der Waals surface area contributed by atoms with Crippen LogP contribution >= 0.6 is 0 Å². The maximum absolute atomic E-state index is 13.0. The van der Waals surface area contributed by atoms with Crippen molar-refractivity contribution in [2.45, 2.75) is 50.7 Å². The van der Waals surface area contributed by atoms with Gasteiger partial charge in [0.1, 0.15) is 0 Å². The Bertz CT molecular complexity index is 318. The highest BCUT2D eigenvalue weighted by atomic mass is 19.4. The van der Waals surface area contributed by atoms with Crippen LogP contribution in [0.25, 0.3) is 0 Å². The number of nitrogens with zero attached hydrogens (tertiary/aromatic N) is 1. The predicted molar refractivity (Wildman–Crippen MR) is 69.7 cm³/mol. The first-order chi connectivity index (χ1) is 8.78. The smallest absolute Gasteiger partial charge is 0.329 e. The highest BCUT2D eigenvalue weighted by Gasteiger charge is 2.49. The van der Waals surface area contributed by atoms with E-state index in [9.17, 15) is 13.2 Å².